The van der Waals surface area contributed by atoms with Gasteiger partial charge in [0.15, 0.2) is 0 Å². The van der Waals surface area contributed by atoms with Gasteiger partial charge in [-0.25, -0.2) is 0 Å². The van der Waals surface area contributed by atoms with E-state index in [1.807, 2.05) is 30.3 Å². The number of aliphatic hydroxyl groups excluding tert-OH is 1. The van der Waals surface area contributed by atoms with Crippen molar-refractivity contribution in [2.75, 3.05) is 6.54 Å². The number of carbonyl (C=O) groups is 1. The number of fused-ring (bicyclic) bond motifs is 1. The van der Waals surface area contributed by atoms with Crippen LogP contribution in [0.4, 0.5) is 0 Å². The molecule has 0 spiro atoms. The van der Waals surface area contributed by atoms with E-state index < -0.39 is 6.10 Å². The summed E-state index contributed by atoms with van der Waals surface area (Å²) in [6, 6.07) is 9.53. The van der Waals surface area contributed by atoms with Crippen molar-refractivity contribution in [1.82, 2.24) is 5.32 Å². The molecule has 1 aromatic heterocycles. The van der Waals surface area contributed by atoms with Crippen LogP contribution in [0, 0.1) is 5.92 Å². The molecule has 2 aromatic rings. The Bertz CT molecular complexity index is 641. The number of nitrogens with one attached hydrogen (secondary N) is 1. The lowest BCUT2D eigenvalue weighted by molar-refractivity contribution is -0.125. The van der Waals surface area contributed by atoms with Gasteiger partial charge in [-0.05, 0) is 37.8 Å². The summed E-state index contributed by atoms with van der Waals surface area (Å²) in [6.45, 7) is 0.456. The van der Waals surface area contributed by atoms with Gasteiger partial charge in [0.2, 0.25) is 5.91 Å². The lowest BCUT2D eigenvalue weighted by Crippen LogP contribution is -2.32. The standard InChI is InChI=1S/C18H21NO3/c20-15(17-12-14-8-4-5-9-16(14)22-17)10-11-19-18(21)13-6-2-1-3-7-13/h1-2,4-5,8-9,12-13,15,20H,3,6-7,10-11H2,(H,19,21)/t13-,15-/m0/s1. The minimum absolute atomic E-state index is 0.0772. The van der Waals surface area contributed by atoms with Crippen LogP contribution >= 0.6 is 0 Å². The largest absolute Gasteiger partial charge is 0.458 e. The molecule has 1 amide bonds. The quantitative estimate of drug-likeness (QED) is 0.832. The van der Waals surface area contributed by atoms with E-state index in [0.717, 1.165) is 30.2 Å². The van der Waals surface area contributed by atoms with Crippen molar-refractivity contribution in [2.24, 2.45) is 5.92 Å². The molecule has 0 saturated carbocycles. The molecule has 0 unspecified atom stereocenters. The summed E-state index contributed by atoms with van der Waals surface area (Å²) in [5.41, 5.74) is 0.773. The van der Waals surface area contributed by atoms with Crippen LogP contribution in [0.1, 0.15) is 37.5 Å². The molecule has 0 aliphatic heterocycles. The van der Waals surface area contributed by atoms with Crippen LogP contribution in [0.3, 0.4) is 0 Å². The topological polar surface area (TPSA) is 62.5 Å². The number of hydrogen-bond acceptors (Lipinski definition) is 3. The molecule has 4 nitrogen and oxygen atoms in total. The molecule has 0 saturated heterocycles. The van der Waals surface area contributed by atoms with E-state index in [2.05, 4.69) is 17.5 Å². The van der Waals surface area contributed by atoms with Crippen molar-refractivity contribution >= 4 is 16.9 Å². The number of amides is 1. The summed E-state index contributed by atoms with van der Waals surface area (Å²) in [6.07, 6.45) is 6.64. The van der Waals surface area contributed by atoms with Gasteiger partial charge in [0.1, 0.15) is 17.4 Å². The third-order valence-corrected chi connectivity index (χ3v) is 4.13. The summed E-state index contributed by atoms with van der Waals surface area (Å²) >= 11 is 0. The van der Waals surface area contributed by atoms with Crippen LogP contribution in [0.25, 0.3) is 11.0 Å². The molecule has 1 heterocycles. The van der Waals surface area contributed by atoms with Crippen LogP contribution in [0.2, 0.25) is 0 Å². The summed E-state index contributed by atoms with van der Waals surface area (Å²) in [5.74, 6) is 0.713. The van der Waals surface area contributed by atoms with E-state index in [1.165, 1.54) is 0 Å². The fourth-order valence-electron chi connectivity index (χ4n) is 2.82. The second-order valence-electron chi connectivity index (χ2n) is 5.76. The van der Waals surface area contributed by atoms with Crippen molar-refractivity contribution in [3.05, 3.63) is 48.2 Å². The third-order valence-electron chi connectivity index (χ3n) is 4.13. The maximum atomic E-state index is 12.0. The fourth-order valence-corrected chi connectivity index (χ4v) is 2.82. The molecule has 116 valence electrons. The number of aliphatic hydroxyl groups is 1. The van der Waals surface area contributed by atoms with E-state index in [4.69, 9.17) is 4.42 Å². The first-order chi connectivity index (χ1) is 10.7. The molecule has 1 aromatic carbocycles. The van der Waals surface area contributed by atoms with Gasteiger partial charge < -0.3 is 14.8 Å². The molecule has 2 atom stereocenters. The maximum Gasteiger partial charge on any atom is 0.223 e. The molecule has 0 radical (unpaired) electrons. The minimum Gasteiger partial charge on any atom is -0.458 e. The number of benzene rings is 1. The predicted octanol–water partition coefficient (Wildman–Crippen LogP) is 3.33. The molecule has 22 heavy (non-hydrogen) atoms. The molecule has 1 aliphatic carbocycles. The lowest BCUT2D eigenvalue weighted by Gasteiger charge is -2.17. The SMILES string of the molecule is O=C(NCC[C@H](O)c1cc2ccccc2o1)[C@H]1CC=CCC1. The molecular weight excluding hydrogens is 278 g/mol. The van der Waals surface area contributed by atoms with Crippen molar-refractivity contribution in [2.45, 2.75) is 31.8 Å². The smallest absolute Gasteiger partial charge is 0.223 e. The monoisotopic (exact) mass is 299 g/mol. The van der Waals surface area contributed by atoms with Crippen molar-refractivity contribution in [3.63, 3.8) is 0 Å². The van der Waals surface area contributed by atoms with Gasteiger partial charge in [0.25, 0.3) is 0 Å². The number of allylic oxidation sites excluding steroid dienone is 2. The molecule has 0 bridgehead atoms. The van der Waals surface area contributed by atoms with Gasteiger partial charge in [-0.15, -0.1) is 0 Å². The summed E-state index contributed by atoms with van der Waals surface area (Å²) < 4.78 is 5.63. The number of furan rings is 1. The first-order valence-electron chi connectivity index (χ1n) is 7.83. The van der Waals surface area contributed by atoms with Gasteiger partial charge in [-0.1, -0.05) is 30.4 Å². The predicted molar refractivity (Wildman–Crippen MR) is 85.3 cm³/mol. The van der Waals surface area contributed by atoms with Crippen molar-refractivity contribution in [3.8, 4) is 0 Å². The van der Waals surface area contributed by atoms with Gasteiger partial charge in [0.05, 0.1) is 0 Å². The van der Waals surface area contributed by atoms with E-state index >= 15 is 0 Å². The van der Waals surface area contributed by atoms with Gasteiger partial charge in [-0.2, -0.15) is 0 Å². The Hall–Kier alpha value is -2.07. The van der Waals surface area contributed by atoms with Crippen LogP contribution < -0.4 is 5.32 Å². The average molecular weight is 299 g/mol. The Morgan fingerprint density at radius 1 is 1.36 bits per heavy atom. The fraction of sp³-hybridized carbons (Fsp3) is 0.389. The molecule has 2 N–H and O–H groups in total. The van der Waals surface area contributed by atoms with Crippen LogP contribution in [0.15, 0.2) is 46.9 Å². The summed E-state index contributed by atoms with van der Waals surface area (Å²) in [7, 11) is 0. The van der Waals surface area contributed by atoms with Crippen LogP contribution in [-0.2, 0) is 4.79 Å². The Morgan fingerprint density at radius 3 is 3.00 bits per heavy atom. The average Bonchev–Trinajstić information content (AvgIpc) is 2.99. The summed E-state index contributed by atoms with van der Waals surface area (Å²) in [4.78, 5) is 12.0. The number of rotatable bonds is 5. The highest BCUT2D eigenvalue weighted by atomic mass is 16.4. The highest BCUT2D eigenvalue weighted by Gasteiger charge is 2.19. The highest BCUT2D eigenvalue weighted by molar-refractivity contribution is 5.79. The molecular formula is C18H21NO3. The zero-order chi connectivity index (χ0) is 15.4. The normalized spacial score (nSPS) is 19.2. The number of para-hydroxylation sites is 1. The summed E-state index contributed by atoms with van der Waals surface area (Å²) in [5, 5.41) is 14.1. The lowest BCUT2D eigenvalue weighted by atomic mass is 9.93. The molecule has 1 aliphatic rings. The Balaban J connectivity index is 1.50. The van der Waals surface area contributed by atoms with E-state index in [9.17, 15) is 9.90 Å². The Labute approximate surface area is 129 Å². The molecule has 4 heteroatoms. The first-order valence-corrected chi connectivity index (χ1v) is 7.83. The van der Waals surface area contributed by atoms with E-state index in [1.54, 1.807) is 0 Å². The zero-order valence-electron chi connectivity index (χ0n) is 12.5. The number of hydrogen-bond donors (Lipinski definition) is 2. The van der Waals surface area contributed by atoms with E-state index in [0.29, 0.717) is 18.7 Å². The number of carbonyl (C=O) groups excluding carboxylic acids is 1. The first kappa shape index (κ1) is 14.9. The van der Waals surface area contributed by atoms with Crippen LogP contribution in [0.5, 0.6) is 0 Å². The van der Waals surface area contributed by atoms with Gasteiger partial charge in [-0.3, -0.25) is 4.79 Å². The molecule has 3 rings (SSSR count). The minimum atomic E-state index is -0.695. The second-order valence-corrected chi connectivity index (χ2v) is 5.76. The van der Waals surface area contributed by atoms with Gasteiger partial charge in [0, 0.05) is 17.8 Å². The Kier molecular flexibility index (Phi) is 4.59. The maximum absolute atomic E-state index is 12.0. The second kappa shape index (κ2) is 6.79. The van der Waals surface area contributed by atoms with Crippen LogP contribution in [-0.4, -0.2) is 17.6 Å². The highest BCUT2D eigenvalue weighted by Crippen LogP contribution is 2.25. The third kappa shape index (κ3) is 3.39. The van der Waals surface area contributed by atoms with Gasteiger partial charge >= 0.3 is 0 Å². The van der Waals surface area contributed by atoms with Crippen molar-refractivity contribution < 1.29 is 14.3 Å². The Morgan fingerprint density at radius 2 is 2.23 bits per heavy atom. The zero-order valence-corrected chi connectivity index (χ0v) is 12.5. The van der Waals surface area contributed by atoms with E-state index in [-0.39, 0.29) is 11.8 Å². The molecule has 0 fully saturated rings. The van der Waals surface area contributed by atoms with Crippen molar-refractivity contribution in [1.29, 1.82) is 0 Å².